The summed E-state index contributed by atoms with van der Waals surface area (Å²) in [6, 6.07) is 28.4. The van der Waals surface area contributed by atoms with E-state index < -0.39 is 10.0 Å². The third kappa shape index (κ3) is 5.92. The molecule has 5 aromatic rings. The number of rotatable bonds is 8. The maximum Gasteiger partial charge on any atom is 0.263 e. The molecule has 0 unspecified atom stereocenters. The van der Waals surface area contributed by atoms with Crippen molar-refractivity contribution in [1.29, 1.82) is 0 Å². The summed E-state index contributed by atoms with van der Waals surface area (Å²) in [7, 11) is -3.89. The number of benzene rings is 4. The molecule has 1 aromatic heterocycles. The molecule has 0 fully saturated rings. The molecule has 186 valence electrons. The Hall–Kier alpha value is -3.90. The average molecular weight is 623 g/mol. The van der Waals surface area contributed by atoms with Crippen LogP contribution >= 0.6 is 22.6 Å². The molecule has 0 aliphatic heterocycles. The maximum absolute atomic E-state index is 13.1. The highest BCUT2D eigenvalue weighted by Gasteiger charge is 2.19. The molecule has 0 bridgehead atoms. The van der Waals surface area contributed by atoms with E-state index in [0.717, 1.165) is 9.99 Å². The van der Waals surface area contributed by atoms with Gasteiger partial charge in [-0.1, -0.05) is 46.9 Å². The minimum atomic E-state index is -3.89. The van der Waals surface area contributed by atoms with E-state index in [9.17, 15) is 8.42 Å². The lowest BCUT2D eigenvalue weighted by atomic mass is 10.2. The van der Waals surface area contributed by atoms with Crippen molar-refractivity contribution in [2.75, 3.05) is 15.8 Å². The second kappa shape index (κ2) is 10.6. The molecule has 0 radical (unpaired) electrons. The van der Waals surface area contributed by atoms with Crippen LogP contribution in [-0.4, -0.2) is 18.4 Å². The molecule has 8 nitrogen and oxygen atoms in total. The van der Waals surface area contributed by atoms with Crippen molar-refractivity contribution in [2.24, 2.45) is 0 Å². The minimum Gasteiger partial charge on any atom is -0.457 e. The molecular formula is C27H22IN5O3S. The molecule has 0 saturated heterocycles. The van der Waals surface area contributed by atoms with E-state index in [0.29, 0.717) is 33.9 Å². The third-order valence-corrected chi connectivity index (χ3v) is 7.66. The molecule has 5 rings (SSSR count). The van der Waals surface area contributed by atoms with Crippen LogP contribution in [0.1, 0.15) is 5.56 Å². The summed E-state index contributed by atoms with van der Waals surface area (Å²) in [4.78, 5) is 9.32. The number of ether oxygens (including phenoxy) is 1. The Morgan fingerprint density at radius 3 is 1.92 bits per heavy atom. The van der Waals surface area contributed by atoms with Crippen LogP contribution in [0.25, 0.3) is 11.0 Å². The normalized spacial score (nSPS) is 11.3. The molecular weight excluding hydrogens is 601 g/mol. The van der Waals surface area contributed by atoms with Crippen molar-refractivity contribution >= 4 is 66.7 Å². The first-order chi connectivity index (χ1) is 17.9. The van der Waals surface area contributed by atoms with E-state index in [4.69, 9.17) is 10.5 Å². The first-order valence-electron chi connectivity index (χ1n) is 11.2. The quantitative estimate of drug-likeness (QED) is 0.103. The van der Waals surface area contributed by atoms with Crippen molar-refractivity contribution in [3.05, 3.63) is 103 Å². The predicted octanol–water partition coefficient (Wildman–Crippen LogP) is 6.48. The predicted molar refractivity (Wildman–Crippen MR) is 155 cm³/mol. The standard InChI is InChI=1S/C27H22IN5O3S/c28-17-18-5-15-23(16-6-18)37(34,35)33-27-26(31-24-3-1-2-4-25(24)32-27)30-20-9-13-22(14-10-20)36-21-11-7-19(29)8-12-21/h1-16H,17,29H2,(H,30,31)(H,32,33). The molecule has 4 N–H and O–H groups in total. The third-order valence-electron chi connectivity index (χ3n) is 5.42. The first kappa shape index (κ1) is 24.8. The van der Waals surface area contributed by atoms with E-state index in [1.54, 1.807) is 66.7 Å². The van der Waals surface area contributed by atoms with Crippen LogP contribution in [0.15, 0.2) is 102 Å². The number of nitrogens with one attached hydrogen (secondary N) is 2. The van der Waals surface area contributed by atoms with Crippen molar-refractivity contribution in [1.82, 2.24) is 9.97 Å². The number of hydrogen-bond donors (Lipinski definition) is 3. The molecule has 0 atom stereocenters. The monoisotopic (exact) mass is 623 g/mol. The van der Waals surface area contributed by atoms with Crippen molar-refractivity contribution in [2.45, 2.75) is 9.32 Å². The second-order valence-corrected chi connectivity index (χ2v) is 10.6. The van der Waals surface area contributed by atoms with Gasteiger partial charge in [-0.05, 0) is 78.4 Å². The number of aromatic nitrogens is 2. The van der Waals surface area contributed by atoms with E-state index in [1.165, 1.54) is 0 Å². The molecule has 10 heteroatoms. The maximum atomic E-state index is 13.1. The molecule has 0 amide bonds. The summed E-state index contributed by atoms with van der Waals surface area (Å²) in [6.45, 7) is 0. The largest absolute Gasteiger partial charge is 0.457 e. The van der Waals surface area contributed by atoms with Crippen LogP contribution in [0.5, 0.6) is 11.5 Å². The smallest absolute Gasteiger partial charge is 0.263 e. The molecule has 0 aliphatic carbocycles. The molecule has 0 spiro atoms. The van der Waals surface area contributed by atoms with Crippen LogP contribution in [-0.2, 0) is 14.5 Å². The number of fused-ring (bicyclic) bond motifs is 1. The van der Waals surface area contributed by atoms with Crippen LogP contribution in [0, 0.1) is 0 Å². The molecule has 0 aliphatic rings. The van der Waals surface area contributed by atoms with Crippen molar-refractivity contribution in [3.63, 3.8) is 0 Å². The van der Waals surface area contributed by atoms with Crippen LogP contribution in [0.2, 0.25) is 0 Å². The summed E-state index contributed by atoms with van der Waals surface area (Å²) in [5, 5.41) is 3.18. The van der Waals surface area contributed by atoms with Gasteiger partial charge in [-0.3, -0.25) is 4.72 Å². The average Bonchev–Trinajstić information content (AvgIpc) is 2.91. The minimum absolute atomic E-state index is 0.0962. The fourth-order valence-corrected chi connectivity index (χ4v) is 5.03. The molecule has 4 aromatic carbocycles. The van der Waals surface area contributed by atoms with Crippen LogP contribution in [0.4, 0.5) is 23.0 Å². The number of nitrogens with two attached hydrogens (primary N) is 1. The van der Waals surface area contributed by atoms with Gasteiger partial charge in [0.25, 0.3) is 10.0 Å². The summed E-state index contributed by atoms with van der Waals surface area (Å²) >= 11 is 2.23. The van der Waals surface area contributed by atoms with Gasteiger partial charge in [0.15, 0.2) is 11.6 Å². The fraction of sp³-hybridized carbons (Fsp3) is 0.0370. The number of nitrogen functional groups attached to an aromatic ring is 1. The SMILES string of the molecule is Nc1ccc(Oc2ccc(Nc3nc4ccccc4nc3NS(=O)(=O)c3ccc(CI)cc3)cc2)cc1. The number of anilines is 4. The van der Waals surface area contributed by atoms with Gasteiger partial charge in [-0.25, -0.2) is 18.4 Å². The van der Waals surface area contributed by atoms with Gasteiger partial charge >= 0.3 is 0 Å². The van der Waals surface area contributed by atoms with E-state index in [1.807, 2.05) is 30.3 Å². The highest BCUT2D eigenvalue weighted by molar-refractivity contribution is 14.1. The Kier molecular flexibility index (Phi) is 7.10. The molecule has 0 saturated carbocycles. The van der Waals surface area contributed by atoms with Crippen LogP contribution in [0.3, 0.4) is 0 Å². The zero-order chi connectivity index (χ0) is 25.8. The highest BCUT2D eigenvalue weighted by atomic mass is 127. The number of hydrogen-bond acceptors (Lipinski definition) is 7. The number of halogens is 1. The van der Waals surface area contributed by atoms with E-state index in [2.05, 4.69) is 42.6 Å². The van der Waals surface area contributed by atoms with Gasteiger partial charge in [0, 0.05) is 15.8 Å². The Morgan fingerprint density at radius 1 is 0.757 bits per heavy atom. The summed E-state index contributed by atoms with van der Waals surface area (Å²) in [6.07, 6.45) is 0. The van der Waals surface area contributed by atoms with Gasteiger partial charge in [0.1, 0.15) is 11.5 Å². The zero-order valence-electron chi connectivity index (χ0n) is 19.4. The van der Waals surface area contributed by atoms with E-state index >= 15 is 0 Å². The van der Waals surface area contributed by atoms with E-state index in [-0.39, 0.29) is 16.5 Å². The highest BCUT2D eigenvalue weighted by Crippen LogP contribution is 2.29. The number of alkyl halides is 1. The summed E-state index contributed by atoms with van der Waals surface area (Å²) in [5.74, 6) is 1.67. The Labute approximate surface area is 228 Å². The lowest BCUT2D eigenvalue weighted by molar-refractivity contribution is 0.483. The van der Waals surface area contributed by atoms with Gasteiger partial charge in [0.05, 0.1) is 15.9 Å². The first-order valence-corrected chi connectivity index (χ1v) is 14.3. The Morgan fingerprint density at radius 2 is 1.32 bits per heavy atom. The van der Waals surface area contributed by atoms with Gasteiger partial charge < -0.3 is 15.8 Å². The fourth-order valence-electron chi connectivity index (χ4n) is 3.52. The van der Waals surface area contributed by atoms with Gasteiger partial charge in [-0.2, -0.15) is 0 Å². The number of sulfonamides is 1. The van der Waals surface area contributed by atoms with Gasteiger partial charge in [-0.15, -0.1) is 0 Å². The number of nitrogens with zero attached hydrogens (tertiary/aromatic N) is 2. The Balaban J connectivity index is 1.42. The summed E-state index contributed by atoms with van der Waals surface area (Å²) < 4.78 is 35.5. The molecule has 37 heavy (non-hydrogen) atoms. The lowest BCUT2D eigenvalue weighted by Gasteiger charge is -2.14. The number of para-hydroxylation sites is 2. The summed E-state index contributed by atoms with van der Waals surface area (Å²) in [5.41, 5.74) is 9.30. The molecule has 1 heterocycles. The second-order valence-electron chi connectivity index (χ2n) is 8.11. The zero-order valence-corrected chi connectivity index (χ0v) is 22.4. The van der Waals surface area contributed by atoms with Crippen molar-refractivity contribution in [3.8, 4) is 11.5 Å². The van der Waals surface area contributed by atoms with Crippen molar-refractivity contribution < 1.29 is 13.2 Å². The van der Waals surface area contributed by atoms with Gasteiger partial charge in [0.2, 0.25) is 0 Å². The topological polar surface area (TPSA) is 119 Å². The Bertz CT molecular complexity index is 1640. The lowest BCUT2D eigenvalue weighted by Crippen LogP contribution is -2.16. The van der Waals surface area contributed by atoms with Crippen LogP contribution < -0.4 is 20.5 Å².